The van der Waals surface area contributed by atoms with Crippen molar-refractivity contribution in [2.45, 2.75) is 26.2 Å². The molecule has 0 nitrogen and oxygen atoms in total. The van der Waals surface area contributed by atoms with E-state index in [9.17, 15) is 0 Å². The number of rotatable bonds is 0. The van der Waals surface area contributed by atoms with Crippen LogP contribution in [0.2, 0.25) is 0 Å². The fourth-order valence-corrected chi connectivity index (χ4v) is 2.04. The first kappa shape index (κ1) is 9.26. The van der Waals surface area contributed by atoms with E-state index in [1.54, 1.807) is 0 Å². The lowest BCUT2D eigenvalue weighted by Gasteiger charge is -2.13. The normalized spacial score (nSPS) is 20.4. The van der Waals surface area contributed by atoms with Crippen molar-refractivity contribution in [2.75, 3.05) is 0 Å². The molecule has 0 spiro atoms. The first-order valence-electron chi connectivity index (χ1n) is 5.17. The van der Waals surface area contributed by atoms with E-state index in [0.717, 1.165) is 19.3 Å². The Hall–Kier alpha value is -1.30. The Morgan fingerprint density at radius 1 is 1.07 bits per heavy atom. The molecule has 0 aromatic heterocycles. The van der Waals surface area contributed by atoms with E-state index in [-0.39, 0.29) is 0 Å². The highest BCUT2D eigenvalue weighted by Crippen LogP contribution is 2.21. The molecule has 1 aromatic carbocycles. The van der Waals surface area contributed by atoms with Crippen LogP contribution in [0.5, 0.6) is 0 Å². The minimum atomic E-state index is 1.08. The zero-order valence-corrected chi connectivity index (χ0v) is 8.72. The Bertz CT molecular complexity index is 383. The standard InChI is InChI=1S/C14H16/c1-11-7-8-13-5-3-4-6-14(13)10-12(2)9-11/h3-6,9H,1,7-8,10H2,2H3/b12-9-. The van der Waals surface area contributed by atoms with Gasteiger partial charge in [-0.15, -0.1) is 0 Å². The first-order chi connectivity index (χ1) is 6.75. The molecule has 1 aliphatic carbocycles. The number of hydrogen-bond donors (Lipinski definition) is 0. The van der Waals surface area contributed by atoms with Gasteiger partial charge in [0.1, 0.15) is 0 Å². The molecule has 1 aliphatic rings. The number of fused-ring (bicyclic) bond motifs is 1. The highest BCUT2D eigenvalue weighted by atomic mass is 14.1. The molecule has 0 saturated carbocycles. The van der Waals surface area contributed by atoms with Crippen LogP contribution in [0.25, 0.3) is 0 Å². The molecular weight excluding hydrogens is 168 g/mol. The van der Waals surface area contributed by atoms with Crippen LogP contribution >= 0.6 is 0 Å². The molecule has 72 valence electrons. The topological polar surface area (TPSA) is 0 Å². The molecular formula is C14H16. The molecule has 0 heterocycles. The van der Waals surface area contributed by atoms with Gasteiger partial charge >= 0.3 is 0 Å². The highest BCUT2D eigenvalue weighted by molar-refractivity contribution is 5.35. The summed E-state index contributed by atoms with van der Waals surface area (Å²) in [5, 5.41) is 0. The van der Waals surface area contributed by atoms with Crippen molar-refractivity contribution in [2.24, 2.45) is 0 Å². The zero-order valence-electron chi connectivity index (χ0n) is 8.72. The molecule has 1 aromatic rings. The summed E-state index contributed by atoms with van der Waals surface area (Å²) in [4.78, 5) is 0. The monoisotopic (exact) mass is 184 g/mol. The van der Waals surface area contributed by atoms with Gasteiger partial charge in [-0.05, 0) is 37.3 Å². The Labute approximate surface area is 86.0 Å². The second-order valence-corrected chi connectivity index (χ2v) is 4.09. The van der Waals surface area contributed by atoms with E-state index in [1.807, 2.05) is 0 Å². The van der Waals surface area contributed by atoms with Crippen molar-refractivity contribution in [1.82, 2.24) is 0 Å². The van der Waals surface area contributed by atoms with Gasteiger partial charge in [0.05, 0.1) is 0 Å². The zero-order chi connectivity index (χ0) is 9.97. The third kappa shape index (κ3) is 1.95. The lowest BCUT2D eigenvalue weighted by atomic mass is 9.92. The van der Waals surface area contributed by atoms with Gasteiger partial charge in [-0.1, -0.05) is 48.1 Å². The van der Waals surface area contributed by atoms with E-state index >= 15 is 0 Å². The minimum absolute atomic E-state index is 1.08. The Kier molecular flexibility index (Phi) is 2.53. The second-order valence-electron chi connectivity index (χ2n) is 4.09. The van der Waals surface area contributed by atoms with Gasteiger partial charge in [0.2, 0.25) is 0 Å². The summed E-state index contributed by atoms with van der Waals surface area (Å²) in [7, 11) is 0. The van der Waals surface area contributed by atoms with Gasteiger partial charge in [0.15, 0.2) is 0 Å². The van der Waals surface area contributed by atoms with Gasteiger partial charge in [-0.25, -0.2) is 0 Å². The van der Waals surface area contributed by atoms with Crippen LogP contribution in [0.3, 0.4) is 0 Å². The van der Waals surface area contributed by atoms with E-state index in [2.05, 4.69) is 43.8 Å². The van der Waals surface area contributed by atoms with Crippen LogP contribution in [0, 0.1) is 0 Å². The van der Waals surface area contributed by atoms with Crippen LogP contribution in [-0.2, 0) is 12.8 Å². The molecule has 0 amide bonds. The molecule has 0 aliphatic heterocycles. The minimum Gasteiger partial charge on any atom is -0.0958 e. The van der Waals surface area contributed by atoms with Gasteiger partial charge in [-0.3, -0.25) is 0 Å². The van der Waals surface area contributed by atoms with Crippen molar-refractivity contribution in [3.05, 3.63) is 59.2 Å². The lowest BCUT2D eigenvalue weighted by molar-refractivity contribution is 0.918. The number of benzene rings is 1. The Morgan fingerprint density at radius 3 is 2.57 bits per heavy atom. The van der Waals surface area contributed by atoms with Crippen molar-refractivity contribution in [3.63, 3.8) is 0 Å². The van der Waals surface area contributed by atoms with Crippen molar-refractivity contribution >= 4 is 0 Å². The van der Waals surface area contributed by atoms with Gasteiger partial charge in [-0.2, -0.15) is 0 Å². The maximum atomic E-state index is 4.06. The SMILES string of the molecule is C=C1/C=C(/C)Cc2ccccc2CC1. The van der Waals surface area contributed by atoms with Crippen molar-refractivity contribution in [3.8, 4) is 0 Å². The summed E-state index contributed by atoms with van der Waals surface area (Å²) in [6, 6.07) is 8.73. The van der Waals surface area contributed by atoms with Crippen LogP contribution in [0.4, 0.5) is 0 Å². The van der Waals surface area contributed by atoms with Crippen LogP contribution < -0.4 is 0 Å². The van der Waals surface area contributed by atoms with E-state index < -0.39 is 0 Å². The quantitative estimate of drug-likeness (QED) is 0.577. The summed E-state index contributed by atoms with van der Waals surface area (Å²) < 4.78 is 0. The van der Waals surface area contributed by atoms with Crippen LogP contribution in [0.15, 0.2) is 48.1 Å². The summed E-state index contributed by atoms with van der Waals surface area (Å²) in [5.41, 5.74) is 5.65. The molecule has 2 rings (SSSR count). The van der Waals surface area contributed by atoms with Crippen LogP contribution in [-0.4, -0.2) is 0 Å². The molecule has 0 unspecified atom stereocenters. The predicted molar refractivity (Wildman–Crippen MR) is 61.4 cm³/mol. The van der Waals surface area contributed by atoms with Gasteiger partial charge < -0.3 is 0 Å². The Morgan fingerprint density at radius 2 is 1.79 bits per heavy atom. The molecule has 0 saturated heterocycles. The first-order valence-corrected chi connectivity index (χ1v) is 5.17. The molecule has 0 atom stereocenters. The molecule has 14 heavy (non-hydrogen) atoms. The fourth-order valence-electron chi connectivity index (χ4n) is 2.04. The second kappa shape index (κ2) is 3.83. The van der Waals surface area contributed by atoms with Crippen molar-refractivity contribution in [1.29, 1.82) is 0 Å². The van der Waals surface area contributed by atoms with Gasteiger partial charge in [0, 0.05) is 0 Å². The van der Waals surface area contributed by atoms with Crippen molar-refractivity contribution < 1.29 is 0 Å². The number of aryl methyl sites for hydroxylation is 1. The maximum Gasteiger partial charge on any atom is -0.00639 e. The Balaban J connectivity index is 2.38. The summed E-state index contributed by atoms with van der Waals surface area (Å²) in [6.45, 7) is 6.25. The maximum absolute atomic E-state index is 4.06. The number of hydrogen-bond acceptors (Lipinski definition) is 0. The lowest BCUT2D eigenvalue weighted by Crippen LogP contribution is -1.99. The summed E-state index contributed by atoms with van der Waals surface area (Å²) in [6.07, 6.45) is 5.54. The average Bonchev–Trinajstić information content (AvgIpc) is 2.14. The third-order valence-electron chi connectivity index (χ3n) is 2.75. The summed E-state index contributed by atoms with van der Waals surface area (Å²) >= 11 is 0. The molecule has 0 bridgehead atoms. The number of allylic oxidation sites excluding steroid dienone is 3. The summed E-state index contributed by atoms with van der Waals surface area (Å²) in [5.74, 6) is 0. The molecule has 0 N–H and O–H groups in total. The molecule has 0 radical (unpaired) electrons. The highest BCUT2D eigenvalue weighted by Gasteiger charge is 2.06. The van der Waals surface area contributed by atoms with Crippen LogP contribution in [0.1, 0.15) is 24.5 Å². The molecule has 0 heteroatoms. The van der Waals surface area contributed by atoms with E-state index in [4.69, 9.17) is 0 Å². The predicted octanol–water partition coefficient (Wildman–Crippen LogP) is 3.68. The third-order valence-corrected chi connectivity index (χ3v) is 2.75. The fraction of sp³-hybridized carbons (Fsp3) is 0.286. The molecule has 0 fully saturated rings. The largest absolute Gasteiger partial charge is 0.0958 e. The smallest absolute Gasteiger partial charge is 0.00639 e. The average molecular weight is 184 g/mol. The van der Waals surface area contributed by atoms with E-state index in [0.29, 0.717) is 0 Å². The van der Waals surface area contributed by atoms with E-state index in [1.165, 1.54) is 22.3 Å². The van der Waals surface area contributed by atoms with Gasteiger partial charge in [0.25, 0.3) is 0 Å².